The van der Waals surface area contributed by atoms with Gasteiger partial charge < -0.3 is 10.4 Å². The smallest absolute Gasteiger partial charge is 0.251 e. The standard InChI is InChI=1S/C20H24N2O2/c1-14-16(19-11-4-5-12-21-19)8-6-9-17(14)20(24)22-18-10-3-2-7-15(18)13-23/h4-6,8-9,11-12,15,18,23H,2-3,7,10,13H2,1H3,(H,22,24). The molecule has 1 fully saturated rings. The second kappa shape index (κ2) is 7.58. The van der Waals surface area contributed by atoms with Gasteiger partial charge in [-0.25, -0.2) is 0 Å². The summed E-state index contributed by atoms with van der Waals surface area (Å²) in [7, 11) is 0. The van der Waals surface area contributed by atoms with Gasteiger partial charge in [0.25, 0.3) is 5.91 Å². The molecule has 0 aliphatic heterocycles. The Labute approximate surface area is 142 Å². The summed E-state index contributed by atoms with van der Waals surface area (Å²) in [6, 6.07) is 11.6. The summed E-state index contributed by atoms with van der Waals surface area (Å²) in [6.07, 6.45) is 5.92. The van der Waals surface area contributed by atoms with Crippen LogP contribution in [0.1, 0.15) is 41.6 Å². The predicted octanol–water partition coefficient (Wildman–Crippen LogP) is 3.34. The summed E-state index contributed by atoms with van der Waals surface area (Å²) in [5.74, 6) is 0.109. The van der Waals surface area contributed by atoms with Crippen LogP contribution in [0, 0.1) is 12.8 Å². The van der Waals surface area contributed by atoms with Crippen LogP contribution in [0.4, 0.5) is 0 Å². The van der Waals surface area contributed by atoms with Crippen LogP contribution >= 0.6 is 0 Å². The number of amides is 1. The quantitative estimate of drug-likeness (QED) is 0.907. The van der Waals surface area contributed by atoms with E-state index >= 15 is 0 Å². The Bertz CT molecular complexity index is 700. The molecule has 1 aliphatic rings. The Morgan fingerprint density at radius 1 is 1.21 bits per heavy atom. The van der Waals surface area contributed by atoms with Gasteiger partial charge >= 0.3 is 0 Å². The van der Waals surface area contributed by atoms with Gasteiger partial charge in [-0.2, -0.15) is 0 Å². The number of aliphatic hydroxyl groups is 1. The predicted molar refractivity (Wildman–Crippen MR) is 94.7 cm³/mol. The number of hydrogen-bond donors (Lipinski definition) is 2. The average Bonchev–Trinajstić information content (AvgIpc) is 2.63. The first-order valence-electron chi connectivity index (χ1n) is 8.63. The van der Waals surface area contributed by atoms with Gasteiger partial charge in [0.2, 0.25) is 0 Å². The summed E-state index contributed by atoms with van der Waals surface area (Å²) in [5, 5.41) is 12.7. The van der Waals surface area contributed by atoms with E-state index in [1.54, 1.807) is 6.20 Å². The molecule has 4 nitrogen and oxygen atoms in total. The molecule has 1 aromatic carbocycles. The Kier molecular flexibility index (Phi) is 5.26. The lowest BCUT2D eigenvalue weighted by Gasteiger charge is -2.31. The van der Waals surface area contributed by atoms with Crippen molar-refractivity contribution >= 4 is 5.91 Å². The first kappa shape index (κ1) is 16.7. The van der Waals surface area contributed by atoms with E-state index in [4.69, 9.17) is 0 Å². The number of benzene rings is 1. The lowest BCUT2D eigenvalue weighted by molar-refractivity contribution is 0.0872. The van der Waals surface area contributed by atoms with Crippen molar-refractivity contribution in [3.8, 4) is 11.3 Å². The number of rotatable bonds is 4. The van der Waals surface area contributed by atoms with E-state index in [0.29, 0.717) is 5.56 Å². The van der Waals surface area contributed by atoms with E-state index in [1.165, 1.54) is 0 Å². The Hall–Kier alpha value is -2.20. The number of aromatic nitrogens is 1. The number of carbonyl (C=O) groups is 1. The highest BCUT2D eigenvalue weighted by atomic mass is 16.3. The molecule has 1 aliphatic carbocycles. The molecule has 2 unspecified atom stereocenters. The minimum absolute atomic E-state index is 0.0596. The van der Waals surface area contributed by atoms with Crippen LogP contribution in [-0.2, 0) is 0 Å². The summed E-state index contributed by atoms with van der Waals surface area (Å²) < 4.78 is 0. The summed E-state index contributed by atoms with van der Waals surface area (Å²) >= 11 is 0. The fourth-order valence-electron chi connectivity index (χ4n) is 3.54. The number of nitrogens with zero attached hydrogens (tertiary/aromatic N) is 1. The number of carbonyl (C=O) groups excluding carboxylic acids is 1. The zero-order valence-corrected chi connectivity index (χ0v) is 14.0. The van der Waals surface area contributed by atoms with Crippen molar-refractivity contribution in [2.45, 2.75) is 38.6 Å². The zero-order valence-electron chi connectivity index (χ0n) is 14.0. The fourth-order valence-corrected chi connectivity index (χ4v) is 3.54. The van der Waals surface area contributed by atoms with Gasteiger partial charge in [-0.05, 0) is 43.5 Å². The summed E-state index contributed by atoms with van der Waals surface area (Å²) in [5.41, 5.74) is 3.46. The SMILES string of the molecule is Cc1c(C(=O)NC2CCCCC2CO)cccc1-c1ccccn1. The van der Waals surface area contributed by atoms with Crippen molar-refractivity contribution in [2.75, 3.05) is 6.61 Å². The number of hydrogen-bond acceptors (Lipinski definition) is 3. The van der Waals surface area contributed by atoms with E-state index in [2.05, 4.69) is 10.3 Å². The van der Waals surface area contributed by atoms with E-state index in [-0.39, 0.29) is 24.5 Å². The second-order valence-electron chi connectivity index (χ2n) is 6.50. The molecule has 2 atom stereocenters. The monoisotopic (exact) mass is 324 g/mol. The fraction of sp³-hybridized carbons (Fsp3) is 0.400. The minimum atomic E-state index is -0.0596. The molecule has 1 aromatic heterocycles. The van der Waals surface area contributed by atoms with Crippen LogP contribution in [0.3, 0.4) is 0 Å². The number of nitrogens with one attached hydrogen (secondary N) is 1. The van der Waals surface area contributed by atoms with Gasteiger partial charge in [0, 0.05) is 35.9 Å². The Morgan fingerprint density at radius 3 is 2.79 bits per heavy atom. The zero-order chi connectivity index (χ0) is 16.9. The molecule has 4 heteroatoms. The maximum Gasteiger partial charge on any atom is 0.251 e. The molecular formula is C20H24N2O2. The summed E-state index contributed by atoms with van der Waals surface area (Å²) in [4.78, 5) is 17.2. The average molecular weight is 324 g/mol. The van der Waals surface area contributed by atoms with Crippen LogP contribution in [0.15, 0.2) is 42.6 Å². The van der Waals surface area contributed by atoms with Crippen molar-refractivity contribution in [3.63, 3.8) is 0 Å². The molecule has 2 aromatic rings. The lowest BCUT2D eigenvalue weighted by Crippen LogP contribution is -2.43. The maximum absolute atomic E-state index is 12.8. The van der Waals surface area contributed by atoms with Gasteiger partial charge in [0.15, 0.2) is 0 Å². The van der Waals surface area contributed by atoms with Gasteiger partial charge in [0.05, 0.1) is 5.69 Å². The second-order valence-corrected chi connectivity index (χ2v) is 6.50. The highest BCUT2D eigenvalue weighted by Crippen LogP contribution is 2.26. The molecule has 1 heterocycles. The van der Waals surface area contributed by atoms with Gasteiger partial charge in [-0.1, -0.05) is 31.0 Å². The lowest BCUT2D eigenvalue weighted by atomic mass is 9.85. The largest absolute Gasteiger partial charge is 0.396 e. The summed E-state index contributed by atoms with van der Waals surface area (Å²) in [6.45, 7) is 2.10. The molecule has 0 saturated heterocycles. The molecule has 3 rings (SSSR count). The third-order valence-corrected chi connectivity index (χ3v) is 4.98. The highest BCUT2D eigenvalue weighted by molar-refractivity contribution is 5.97. The molecule has 126 valence electrons. The van der Waals surface area contributed by atoms with Crippen LogP contribution in [-0.4, -0.2) is 28.6 Å². The van der Waals surface area contributed by atoms with Crippen molar-refractivity contribution in [1.29, 1.82) is 0 Å². The van der Waals surface area contributed by atoms with Gasteiger partial charge in [-0.15, -0.1) is 0 Å². The van der Waals surface area contributed by atoms with Crippen LogP contribution in [0.5, 0.6) is 0 Å². The first-order chi connectivity index (χ1) is 11.7. The van der Waals surface area contributed by atoms with Crippen LogP contribution < -0.4 is 5.32 Å². The highest BCUT2D eigenvalue weighted by Gasteiger charge is 2.26. The third-order valence-electron chi connectivity index (χ3n) is 4.98. The molecule has 1 saturated carbocycles. The molecule has 0 radical (unpaired) electrons. The van der Waals surface area contributed by atoms with E-state index < -0.39 is 0 Å². The van der Waals surface area contributed by atoms with E-state index in [0.717, 1.165) is 42.5 Å². The van der Waals surface area contributed by atoms with Crippen molar-refractivity contribution in [2.24, 2.45) is 5.92 Å². The maximum atomic E-state index is 12.8. The van der Waals surface area contributed by atoms with E-state index in [1.807, 2.05) is 43.3 Å². The topological polar surface area (TPSA) is 62.2 Å². The Morgan fingerprint density at radius 2 is 2.04 bits per heavy atom. The van der Waals surface area contributed by atoms with Gasteiger partial charge in [-0.3, -0.25) is 9.78 Å². The normalized spacial score (nSPS) is 20.6. The minimum Gasteiger partial charge on any atom is -0.396 e. The molecule has 1 amide bonds. The van der Waals surface area contributed by atoms with Crippen molar-refractivity contribution in [3.05, 3.63) is 53.7 Å². The number of pyridine rings is 1. The first-order valence-corrected chi connectivity index (χ1v) is 8.63. The molecule has 24 heavy (non-hydrogen) atoms. The van der Waals surface area contributed by atoms with Crippen LogP contribution in [0.2, 0.25) is 0 Å². The third kappa shape index (κ3) is 3.49. The van der Waals surface area contributed by atoms with Crippen molar-refractivity contribution < 1.29 is 9.90 Å². The van der Waals surface area contributed by atoms with Crippen LogP contribution in [0.25, 0.3) is 11.3 Å². The Balaban J connectivity index is 1.83. The van der Waals surface area contributed by atoms with Crippen molar-refractivity contribution in [1.82, 2.24) is 10.3 Å². The molecular weight excluding hydrogens is 300 g/mol. The van der Waals surface area contributed by atoms with Gasteiger partial charge in [0.1, 0.15) is 0 Å². The molecule has 0 spiro atoms. The molecule has 2 N–H and O–H groups in total. The molecule has 0 bridgehead atoms. The number of aliphatic hydroxyl groups excluding tert-OH is 1. The van der Waals surface area contributed by atoms with E-state index in [9.17, 15) is 9.90 Å².